The molecule has 3 aromatic rings. The lowest BCUT2D eigenvalue weighted by Gasteiger charge is -2.28. The first kappa shape index (κ1) is 15.9. The number of nitrogens with zero attached hydrogens (tertiary/aromatic N) is 3. The molecule has 1 fully saturated rings. The first-order chi connectivity index (χ1) is 12.3. The summed E-state index contributed by atoms with van der Waals surface area (Å²) in [5.41, 5.74) is 2.95. The van der Waals surface area contributed by atoms with E-state index in [2.05, 4.69) is 20.2 Å². The van der Waals surface area contributed by atoms with E-state index in [0.717, 1.165) is 41.2 Å². The van der Waals surface area contributed by atoms with E-state index in [0.29, 0.717) is 11.4 Å². The van der Waals surface area contributed by atoms with Gasteiger partial charge >= 0.3 is 0 Å². The van der Waals surface area contributed by atoms with Crippen molar-refractivity contribution < 1.29 is 4.79 Å². The molecule has 1 aliphatic rings. The Kier molecular flexibility index (Phi) is 4.52. The van der Waals surface area contributed by atoms with Gasteiger partial charge in [0.15, 0.2) is 0 Å². The number of carbonyl (C=O) groups is 1. The molecule has 126 valence electrons. The Hall–Kier alpha value is -2.60. The summed E-state index contributed by atoms with van der Waals surface area (Å²) in [5, 5.41) is 3.94. The van der Waals surface area contributed by atoms with Crippen molar-refractivity contribution in [3.63, 3.8) is 0 Å². The smallest absolute Gasteiger partial charge is 0.274 e. The molecule has 3 heterocycles. The number of nitrogens with one attached hydrogen (secondary N) is 1. The second kappa shape index (κ2) is 7.11. The lowest BCUT2D eigenvalue weighted by atomic mass is 10.2. The number of aromatic nitrogens is 2. The fourth-order valence-electron chi connectivity index (χ4n) is 2.95. The Bertz CT molecular complexity index is 903. The minimum Gasteiger partial charge on any atom is -0.370 e. The van der Waals surface area contributed by atoms with Gasteiger partial charge in [-0.05, 0) is 24.3 Å². The van der Waals surface area contributed by atoms with Gasteiger partial charge in [0.2, 0.25) is 0 Å². The fraction of sp³-hybridized carbons (Fsp3) is 0.211. The van der Waals surface area contributed by atoms with Gasteiger partial charge < -0.3 is 10.2 Å². The van der Waals surface area contributed by atoms with Crippen LogP contribution in [0, 0.1) is 0 Å². The van der Waals surface area contributed by atoms with Crippen LogP contribution < -0.4 is 10.2 Å². The molecular weight excluding hydrogens is 332 g/mol. The number of rotatable bonds is 3. The molecule has 5 nitrogen and oxygen atoms in total. The highest BCUT2D eigenvalue weighted by Gasteiger charge is 2.15. The number of hydrogen-bond acceptors (Lipinski definition) is 5. The quantitative estimate of drug-likeness (QED) is 0.784. The van der Waals surface area contributed by atoms with E-state index >= 15 is 0 Å². The van der Waals surface area contributed by atoms with Gasteiger partial charge in [-0.15, -0.1) is 0 Å². The highest BCUT2D eigenvalue weighted by atomic mass is 32.2. The molecule has 1 saturated heterocycles. The highest BCUT2D eigenvalue weighted by molar-refractivity contribution is 7.99. The molecule has 0 saturated carbocycles. The maximum absolute atomic E-state index is 12.7. The van der Waals surface area contributed by atoms with E-state index in [1.165, 1.54) is 0 Å². The topological polar surface area (TPSA) is 58.1 Å². The third kappa shape index (κ3) is 3.44. The molecule has 2 aromatic heterocycles. The van der Waals surface area contributed by atoms with Crippen LogP contribution in [0.15, 0.2) is 54.9 Å². The number of pyridine rings is 2. The SMILES string of the molecule is O=C(Nc1cccc2cccnc12)c1cc(N2CCSCC2)ccn1. The lowest BCUT2D eigenvalue weighted by Crippen LogP contribution is -2.32. The molecule has 0 atom stereocenters. The van der Waals surface area contributed by atoms with Crippen LogP contribution in [0.4, 0.5) is 11.4 Å². The van der Waals surface area contributed by atoms with Crippen molar-refractivity contribution in [2.24, 2.45) is 0 Å². The van der Waals surface area contributed by atoms with Crippen molar-refractivity contribution in [1.29, 1.82) is 0 Å². The van der Waals surface area contributed by atoms with Gasteiger partial charge in [-0.3, -0.25) is 14.8 Å². The second-order valence-corrected chi connectivity index (χ2v) is 7.06. The van der Waals surface area contributed by atoms with Gasteiger partial charge in [-0.2, -0.15) is 11.8 Å². The molecule has 1 N–H and O–H groups in total. The maximum Gasteiger partial charge on any atom is 0.274 e. The summed E-state index contributed by atoms with van der Waals surface area (Å²) in [6.45, 7) is 2.01. The molecule has 25 heavy (non-hydrogen) atoms. The second-order valence-electron chi connectivity index (χ2n) is 5.83. The van der Waals surface area contributed by atoms with Gasteiger partial charge in [0.25, 0.3) is 5.91 Å². The third-order valence-corrected chi connectivity index (χ3v) is 5.18. The van der Waals surface area contributed by atoms with Gasteiger partial charge in [-0.1, -0.05) is 18.2 Å². The number of anilines is 2. The summed E-state index contributed by atoms with van der Waals surface area (Å²) >= 11 is 1.96. The Morgan fingerprint density at radius 1 is 1.04 bits per heavy atom. The lowest BCUT2D eigenvalue weighted by molar-refractivity contribution is 0.102. The fourth-order valence-corrected chi connectivity index (χ4v) is 3.86. The standard InChI is InChI=1S/C19H18N4OS/c24-19(22-16-5-1-3-14-4-2-7-21-18(14)16)17-13-15(6-8-20-17)23-9-11-25-12-10-23/h1-8,13H,9-12H2,(H,22,24). The number of para-hydroxylation sites is 1. The molecular formula is C19H18N4OS. The van der Waals surface area contributed by atoms with E-state index in [4.69, 9.17) is 0 Å². The normalized spacial score (nSPS) is 14.5. The minimum atomic E-state index is -0.216. The van der Waals surface area contributed by atoms with Crippen molar-refractivity contribution >= 4 is 39.9 Å². The Morgan fingerprint density at radius 2 is 1.88 bits per heavy atom. The summed E-state index contributed by atoms with van der Waals surface area (Å²) in [6, 6.07) is 13.4. The molecule has 0 unspecified atom stereocenters. The molecule has 6 heteroatoms. The monoisotopic (exact) mass is 350 g/mol. The van der Waals surface area contributed by atoms with E-state index in [1.807, 2.05) is 54.2 Å². The van der Waals surface area contributed by atoms with Crippen molar-refractivity contribution in [2.45, 2.75) is 0 Å². The first-order valence-corrected chi connectivity index (χ1v) is 9.40. The Labute approximate surface area is 150 Å². The van der Waals surface area contributed by atoms with Crippen molar-refractivity contribution in [3.8, 4) is 0 Å². The maximum atomic E-state index is 12.7. The van der Waals surface area contributed by atoms with Crippen molar-refractivity contribution in [2.75, 3.05) is 34.8 Å². The van der Waals surface area contributed by atoms with Crippen LogP contribution in [0.1, 0.15) is 10.5 Å². The van der Waals surface area contributed by atoms with Crippen LogP contribution in [0.2, 0.25) is 0 Å². The van der Waals surface area contributed by atoms with Crippen LogP contribution in [0.3, 0.4) is 0 Å². The summed E-state index contributed by atoms with van der Waals surface area (Å²) in [7, 11) is 0. The van der Waals surface area contributed by atoms with Crippen LogP contribution in [0.5, 0.6) is 0 Å². The molecule has 0 bridgehead atoms. The van der Waals surface area contributed by atoms with Gasteiger partial charge in [0.1, 0.15) is 5.69 Å². The molecule has 0 aliphatic carbocycles. The average Bonchev–Trinajstić information content (AvgIpc) is 2.69. The number of thioether (sulfide) groups is 1. The van der Waals surface area contributed by atoms with E-state index in [1.54, 1.807) is 12.4 Å². The van der Waals surface area contributed by atoms with Crippen LogP contribution >= 0.6 is 11.8 Å². The predicted octanol–water partition coefficient (Wildman–Crippen LogP) is 3.44. The molecule has 1 aliphatic heterocycles. The van der Waals surface area contributed by atoms with Gasteiger partial charge in [0, 0.05) is 48.1 Å². The van der Waals surface area contributed by atoms with Crippen molar-refractivity contribution in [1.82, 2.24) is 9.97 Å². The van der Waals surface area contributed by atoms with E-state index in [9.17, 15) is 4.79 Å². The summed E-state index contributed by atoms with van der Waals surface area (Å²) in [6.07, 6.45) is 3.43. The zero-order chi connectivity index (χ0) is 17.1. The van der Waals surface area contributed by atoms with Gasteiger partial charge in [0.05, 0.1) is 11.2 Å². The van der Waals surface area contributed by atoms with Crippen LogP contribution in [0.25, 0.3) is 10.9 Å². The Balaban J connectivity index is 1.58. The first-order valence-electron chi connectivity index (χ1n) is 8.25. The molecule has 4 rings (SSSR count). The molecule has 1 aromatic carbocycles. The zero-order valence-electron chi connectivity index (χ0n) is 13.7. The minimum absolute atomic E-state index is 0.216. The molecule has 0 radical (unpaired) electrons. The largest absolute Gasteiger partial charge is 0.370 e. The van der Waals surface area contributed by atoms with Crippen LogP contribution in [-0.2, 0) is 0 Å². The molecule has 1 amide bonds. The van der Waals surface area contributed by atoms with E-state index in [-0.39, 0.29) is 5.91 Å². The summed E-state index contributed by atoms with van der Waals surface area (Å²) in [4.78, 5) is 23.6. The summed E-state index contributed by atoms with van der Waals surface area (Å²) < 4.78 is 0. The number of fused-ring (bicyclic) bond motifs is 1. The van der Waals surface area contributed by atoms with Crippen molar-refractivity contribution in [3.05, 3.63) is 60.6 Å². The van der Waals surface area contributed by atoms with Gasteiger partial charge in [-0.25, -0.2) is 0 Å². The average molecular weight is 350 g/mol. The number of amides is 1. The predicted molar refractivity (Wildman–Crippen MR) is 103 cm³/mol. The summed E-state index contributed by atoms with van der Waals surface area (Å²) in [5.74, 6) is 2.02. The highest BCUT2D eigenvalue weighted by Crippen LogP contribution is 2.23. The number of benzene rings is 1. The van der Waals surface area contributed by atoms with E-state index < -0.39 is 0 Å². The number of carbonyl (C=O) groups excluding carboxylic acids is 1. The number of hydrogen-bond donors (Lipinski definition) is 1. The molecule has 0 spiro atoms. The Morgan fingerprint density at radius 3 is 2.76 bits per heavy atom. The third-order valence-electron chi connectivity index (χ3n) is 4.23. The van der Waals surface area contributed by atoms with Crippen LogP contribution in [-0.4, -0.2) is 40.5 Å². The zero-order valence-corrected chi connectivity index (χ0v) is 14.5.